The van der Waals surface area contributed by atoms with Crippen LogP contribution in [0.1, 0.15) is 5.56 Å². The standard InChI is InChI=1S/C9H10ClN3/c1-11-4-7-2-3-8-9(10)12-6-13(8)5-7/h2-3,5-6,11H,4H2,1H3. The fourth-order valence-electron chi connectivity index (χ4n) is 1.32. The Hall–Kier alpha value is -1.06. The van der Waals surface area contributed by atoms with Crippen LogP contribution in [0.3, 0.4) is 0 Å². The fraction of sp³-hybridized carbons (Fsp3) is 0.222. The average molecular weight is 196 g/mol. The molecule has 2 aromatic heterocycles. The van der Waals surface area contributed by atoms with Gasteiger partial charge in [0.2, 0.25) is 0 Å². The van der Waals surface area contributed by atoms with E-state index in [-0.39, 0.29) is 0 Å². The van der Waals surface area contributed by atoms with Crippen LogP contribution in [0.15, 0.2) is 24.7 Å². The second-order valence-electron chi connectivity index (χ2n) is 2.90. The van der Waals surface area contributed by atoms with Gasteiger partial charge < -0.3 is 9.72 Å². The zero-order chi connectivity index (χ0) is 9.26. The van der Waals surface area contributed by atoms with Crippen molar-refractivity contribution in [3.63, 3.8) is 0 Å². The number of hydrogen-bond acceptors (Lipinski definition) is 2. The molecule has 1 N–H and O–H groups in total. The molecule has 13 heavy (non-hydrogen) atoms. The SMILES string of the molecule is CNCc1ccc2c(Cl)ncn2c1. The van der Waals surface area contributed by atoms with E-state index in [4.69, 9.17) is 11.6 Å². The summed E-state index contributed by atoms with van der Waals surface area (Å²) in [5.41, 5.74) is 2.16. The van der Waals surface area contributed by atoms with Crippen LogP contribution in [-0.2, 0) is 6.54 Å². The Bertz CT molecular complexity index is 422. The van der Waals surface area contributed by atoms with E-state index in [1.807, 2.05) is 29.8 Å². The first-order chi connectivity index (χ1) is 6.31. The van der Waals surface area contributed by atoms with Crippen LogP contribution in [0.25, 0.3) is 5.52 Å². The monoisotopic (exact) mass is 195 g/mol. The number of pyridine rings is 1. The van der Waals surface area contributed by atoms with Gasteiger partial charge in [0.1, 0.15) is 6.33 Å². The summed E-state index contributed by atoms with van der Waals surface area (Å²) < 4.78 is 1.93. The molecule has 0 radical (unpaired) electrons. The van der Waals surface area contributed by atoms with Gasteiger partial charge in [-0.05, 0) is 18.7 Å². The minimum absolute atomic E-state index is 0.552. The number of hydrogen-bond donors (Lipinski definition) is 1. The number of fused-ring (bicyclic) bond motifs is 1. The summed E-state index contributed by atoms with van der Waals surface area (Å²) in [6.07, 6.45) is 3.74. The van der Waals surface area contributed by atoms with Gasteiger partial charge in [-0.1, -0.05) is 17.7 Å². The van der Waals surface area contributed by atoms with Crippen molar-refractivity contribution in [2.24, 2.45) is 0 Å². The Morgan fingerprint density at radius 1 is 1.54 bits per heavy atom. The van der Waals surface area contributed by atoms with Gasteiger partial charge in [0, 0.05) is 12.7 Å². The van der Waals surface area contributed by atoms with Gasteiger partial charge in [0.25, 0.3) is 0 Å². The van der Waals surface area contributed by atoms with Crippen LogP contribution < -0.4 is 5.32 Å². The van der Waals surface area contributed by atoms with Gasteiger partial charge in [0.05, 0.1) is 5.52 Å². The van der Waals surface area contributed by atoms with Crippen molar-refractivity contribution in [1.82, 2.24) is 14.7 Å². The van der Waals surface area contributed by atoms with Crippen LogP contribution in [0, 0.1) is 0 Å². The summed E-state index contributed by atoms with van der Waals surface area (Å²) in [6, 6.07) is 4.02. The molecule has 0 bridgehead atoms. The van der Waals surface area contributed by atoms with Crippen LogP contribution in [0.4, 0.5) is 0 Å². The molecular weight excluding hydrogens is 186 g/mol. The molecule has 0 amide bonds. The molecule has 2 rings (SSSR count). The van der Waals surface area contributed by atoms with E-state index in [1.165, 1.54) is 5.56 Å². The molecule has 0 aliphatic carbocycles. The molecule has 0 aliphatic rings. The molecule has 0 fully saturated rings. The van der Waals surface area contributed by atoms with E-state index in [9.17, 15) is 0 Å². The van der Waals surface area contributed by atoms with Gasteiger partial charge in [-0.25, -0.2) is 4.98 Å². The van der Waals surface area contributed by atoms with Crippen molar-refractivity contribution in [3.05, 3.63) is 35.4 Å². The fourth-order valence-corrected chi connectivity index (χ4v) is 1.53. The molecule has 0 spiro atoms. The van der Waals surface area contributed by atoms with Gasteiger partial charge in [-0.3, -0.25) is 0 Å². The summed E-state index contributed by atoms with van der Waals surface area (Å²) >= 11 is 5.85. The predicted molar refractivity (Wildman–Crippen MR) is 53.0 cm³/mol. The number of aromatic nitrogens is 2. The third kappa shape index (κ3) is 1.53. The third-order valence-corrected chi connectivity index (χ3v) is 2.22. The second kappa shape index (κ2) is 3.36. The number of imidazole rings is 1. The van der Waals surface area contributed by atoms with Crippen molar-refractivity contribution in [3.8, 4) is 0 Å². The van der Waals surface area contributed by atoms with Crippen molar-refractivity contribution in [2.75, 3.05) is 7.05 Å². The molecule has 2 heterocycles. The van der Waals surface area contributed by atoms with E-state index in [0.717, 1.165) is 12.1 Å². The van der Waals surface area contributed by atoms with Crippen LogP contribution in [0.2, 0.25) is 5.15 Å². The summed E-state index contributed by atoms with van der Waals surface area (Å²) in [5, 5.41) is 3.64. The molecule has 0 saturated carbocycles. The molecule has 0 unspecified atom stereocenters. The van der Waals surface area contributed by atoms with Gasteiger partial charge in [-0.15, -0.1) is 0 Å². The number of halogens is 1. The summed E-state index contributed by atoms with van der Waals surface area (Å²) in [4.78, 5) is 4.00. The van der Waals surface area contributed by atoms with Crippen molar-refractivity contribution in [2.45, 2.75) is 6.54 Å². The Balaban J connectivity index is 2.50. The summed E-state index contributed by atoms with van der Waals surface area (Å²) in [5.74, 6) is 0. The molecule has 3 nitrogen and oxygen atoms in total. The quantitative estimate of drug-likeness (QED) is 0.791. The van der Waals surface area contributed by atoms with Crippen molar-refractivity contribution < 1.29 is 0 Å². The molecule has 0 aliphatic heterocycles. The lowest BCUT2D eigenvalue weighted by molar-refractivity contribution is 0.811. The van der Waals surface area contributed by atoms with Crippen LogP contribution in [-0.4, -0.2) is 16.4 Å². The van der Waals surface area contributed by atoms with Crippen molar-refractivity contribution >= 4 is 17.1 Å². The van der Waals surface area contributed by atoms with E-state index in [2.05, 4.69) is 10.3 Å². The summed E-state index contributed by atoms with van der Waals surface area (Å²) in [6.45, 7) is 0.853. The summed E-state index contributed by atoms with van der Waals surface area (Å²) in [7, 11) is 1.92. The average Bonchev–Trinajstić information content (AvgIpc) is 2.48. The molecule has 0 aromatic carbocycles. The molecule has 4 heteroatoms. The number of nitrogens with zero attached hydrogens (tertiary/aromatic N) is 2. The highest BCUT2D eigenvalue weighted by atomic mass is 35.5. The Morgan fingerprint density at radius 3 is 3.15 bits per heavy atom. The third-order valence-electron chi connectivity index (χ3n) is 1.93. The van der Waals surface area contributed by atoms with E-state index in [0.29, 0.717) is 5.15 Å². The topological polar surface area (TPSA) is 29.3 Å². The number of nitrogens with one attached hydrogen (secondary N) is 1. The molecule has 2 aromatic rings. The Labute approximate surface area is 81.4 Å². The van der Waals surface area contributed by atoms with Gasteiger partial charge in [0.15, 0.2) is 5.15 Å². The lowest BCUT2D eigenvalue weighted by atomic mass is 10.3. The normalized spacial score (nSPS) is 10.9. The smallest absolute Gasteiger partial charge is 0.154 e. The molecule has 0 atom stereocenters. The first-order valence-corrected chi connectivity index (χ1v) is 4.45. The second-order valence-corrected chi connectivity index (χ2v) is 3.25. The first kappa shape index (κ1) is 8.53. The van der Waals surface area contributed by atoms with Gasteiger partial charge in [-0.2, -0.15) is 0 Å². The molecule has 0 saturated heterocycles. The zero-order valence-electron chi connectivity index (χ0n) is 7.29. The maximum atomic E-state index is 5.85. The zero-order valence-corrected chi connectivity index (χ0v) is 8.04. The minimum Gasteiger partial charge on any atom is -0.316 e. The molecule has 68 valence electrons. The Morgan fingerprint density at radius 2 is 2.38 bits per heavy atom. The molecular formula is C9H10ClN3. The highest BCUT2D eigenvalue weighted by molar-refractivity contribution is 6.32. The highest BCUT2D eigenvalue weighted by Gasteiger charge is 2.00. The van der Waals surface area contributed by atoms with E-state index >= 15 is 0 Å². The maximum absolute atomic E-state index is 5.85. The Kier molecular flexibility index (Phi) is 2.20. The van der Waals surface area contributed by atoms with Gasteiger partial charge >= 0.3 is 0 Å². The van der Waals surface area contributed by atoms with Crippen LogP contribution >= 0.6 is 11.6 Å². The lowest BCUT2D eigenvalue weighted by Gasteiger charge is -2.00. The van der Waals surface area contributed by atoms with Crippen LogP contribution in [0.5, 0.6) is 0 Å². The highest BCUT2D eigenvalue weighted by Crippen LogP contribution is 2.15. The maximum Gasteiger partial charge on any atom is 0.154 e. The number of rotatable bonds is 2. The van der Waals surface area contributed by atoms with E-state index in [1.54, 1.807) is 6.33 Å². The van der Waals surface area contributed by atoms with Crippen molar-refractivity contribution in [1.29, 1.82) is 0 Å². The lowest BCUT2D eigenvalue weighted by Crippen LogP contribution is -2.05. The van der Waals surface area contributed by atoms with E-state index < -0.39 is 0 Å². The largest absolute Gasteiger partial charge is 0.316 e. The predicted octanol–water partition coefficient (Wildman–Crippen LogP) is 1.71. The minimum atomic E-state index is 0.552. The first-order valence-electron chi connectivity index (χ1n) is 4.07.